The monoisotopic (exact) mass is 213 g/mol. The summed E-state index contributed by atoms with van der Waals surface area (Å²) in [4.78, 5) is 14.3. The number of hydrogen-bond acceptors (Lipinski definition) is 3. The molecule has 0 amide bonds. The first-order chi connectivity index (χ1) is 7.73. The minimum Gasteiger partial charge on any atom is -0.461 e. The molecule has 2 aromatic rings. The van der Waals surface area contributed by atoms with Crippen molar-refractivity contribution in [1.29, 1.82) is 0 Å². The molecule has 80 valence electrons. The topological polar surface area (TPSA) is 42.6 Å². The van der Waals surface area contributed by atoms with Crippen LogP contribution >= 0.6 is 0 Å². The molecular formula is C13H11NO2. The number of carbonyl (C=O) groups excluding carboxylic acids is 1. The van der Waals surface area contributed by atoms with Crippen molar-refractivity contribution in [3.05, 3.63) is 35.6 Å². The van der Waals surface area contributed by atoms with Crippen molar-refractivity contribution in [3.63, 3.8) is 0 Å². The maximum atomic E-state index is 10.4. The highest BCUT2D eigenvalue weighted by molar-refractivity contribution is 5.79. The molecule has 1 fully saturated rings. The van der Waals surface area contributed by atoms with Crippen molar-refractivity contribution in [1.82, 2.24) is 0 Å². The standard InChI is InChI=1S/C13H11NO2/c1-9-6-10-7-11(2-3-12(10)16-9)13(4-5-13)14-8-15/h2-3,6-7H,4-5H2,1H3. The van der Waals surface area contributed by atoms with Gasteiger partial charge in [-0.25, -0.2) is 4.79 Å². The molecule has 1 heterocycles. The van der Waals surface area contributed by atoms with Crippen molar-refractivity contribution in [3.8, 4) is 0 Å². The average molecular weight is 213 g/mol. The van der Waals surface area contributed by atoms with E-state index in [1.54, 1.807) is 6.08 Å². The van der Waals surface area contributed by atoms with Crippen molar-refractivity contribution < 1.29 is 9.21 Å². The molecule has 0 aliphatic heterocycles. The second-order valence-corrected chi connectivity index (χ2v) is 4.34. The fraction of sp³-hybridized carbons (Fsp3) is 0.308. The van der Waals surface area contributed by atoms with Gasteiger partial charge in [0.15, 0.2) is 0 Å². The summed E-state index contributed by atoms with van der Waals surface area (Å²) in [5.74, 6) is 0.899. The Hall–Kier alpha value is -1.86. The van der Waals surface area contributed by atoms with E-state index in [9.17, 15) is 4.79 Å². The van der Waals surface area contributed by atoms with Crippen LogP contribution in [0.5, 0.6) is 0 Å². The number of nitrogens with zero attached hydrogens (tertiary/aromatic N) is 1. The molecule has 3 nitrogen and oxygen atoms in total. The van der Waals surface area contributed by atoms with Crippen LogP contribution in [0.3, 0.4) is 0 Å². The summed E-state index contributed by atoms with van der Waals surface area (Å²) in [6.45, 7) is 1.93. The summed E-state index contributed by atoms with van der Waals surface area (Å²) in [6, 6.07) is 7.98. The molecule has 3 rings (SSSR count). The first kappa shape index (κ1) is 9.37. The number of aryl methyl sites for hydroxylation is 1. The molecule has 0 bridgehead atoms. The number of fused-ring (bicyclic) bond motifs is 1. The lowest BCUT2D eigenvalue weighted by molar-refractivity contribution is 0.556. The molecule has 1 aliphatic carbocycles. The van der Waals surface area contributed by atoms with Crippen LogP contribution < -0.4 is 0 Å². The average Bonchev–Trinajstić information content (AvgIpc) is 2.93. The lowest BCUT2D eigenvalue weighted by atomic mass is 10.0. The van der Waals surface area contributed by atoms with Gasteiger partial charge < -0.3 is 4.42 Å². The highest BCUT2D eigenvalue weighted by Gasteiger charge is 2.44. The third-order valence-corrected chi connectivity index (χ3v) is 3.16. The zero-order chi connectivity index (χ0) is 11.2. The van der Waals surface area contributed by atoms with Crippen LogP contribution in [0.4, 0.5) is 0 Å². The Morgan fingerprint density at radius 3 is 2.88 bits per heavy atom. The summed E-state index contributed by atoms with van der Waals surface area (Å²) in [5, 5.41) is 1.07. The Morgan fingerprint density at radius 1 is 1.38 bits per heavy atom. The second-order valence-electron chi connectivity index (χ2n) is 4.34. The summed E-state index contributed by atoms with van der Waals surface area (Å²) >= 11 is 0. The number of aliphatic imine (C=N–C) groups is 1. The lowest BCUT2D eigenvalue weighted by Crippen LogP contribution is -2.01. The summed E-state index contributed by atoms with van der Waals surface area (Å²) in [6.07, 6.45) is 3.54. The molecule has 1 aromatic carbocycles. The third-order valence-electron chi connectivity index (χ3n) is 3.16. The number of hydrogen-bond donors (Lipinski definition) is 0. The van der Waals surface area contributed by atoms with Crippen LogP contribution in [0.2, 0.25) is 0 Å². The maximum absolute atomic E-state index is 10.4. The predicted molar refractivity (Wildman–Crippen MR) is 60.0 cm³/mol. The van der Waals surface area contributed by atoms with Gasteiger partial charge in [0.1, 0.15) is 11.3 Å². The van der Waals surface area contributed by atoms with Crippen LogP contribution in [-0.4, -0.2) is 6.08 Å². The van der Waals surface area contributed by atoms with Gasteiger partial charge in [-0.15, -0.1) is 0 Å². The van der Waals surface area contributed by atoms with Crippen molar-refractivity contribution >= 4 is 17.0 Å². The van der Waals surface area contributed by atoms with Gasteiger partial charge in [0.2, 0.25) is 6.08 Å². The zero-order valence-corrected chi connectivity index (χ0v) is 8.99. The molecule has 1 aromatic heterocycles. The largest absolute Gasteiger partial charge is 0.461 e. The van der Waals surface area contributed by atoms with Crippen LogP contribution in [0.1, 0.15) is 24.2 Å². The second kappa shape index (κ2) is 3.06. The molecule has 0 N–H and O–H groups in total. The third kappa shape index (κ3) is 1.29. The summed E-state index contributed by atoms with van der Waals surface area (Å²) < 4.78 is 5.51. The Morgan fingerprint density at radius 2 is 2.19 bits per heavy atom. The van der Waals surface area contributed by atoms with E-state index in [0.29, 0.717) is 0 Å². The van der Waals surface area contributed by atoms with E-state index in [1.807, 2.05) is 25.1 Å². The Labute approximate surface area is 92.8 Å². The molecular weight excluding hydrogens is 202 g/mol. The first-order valence-corrected chi connectivity index (χ1v) is 5.33. The van der Waals surface area contributed by atoms with Crippen molar-refractivity contribution in [2.24, 2.45) is 4.99 Å². The normalized spacial score (nSPS) is 17.1. The van der Waals surface area contributed by atoms with Crippen molar-refractivity contribution in [2.45, 2.75) is 25.3 Å². The molecule has 0 saturated heterocycles. The summed E-state index contributed by atoms with van der Waals surface area (Å²) in [7, 11) is 0. The SMILES string of the molecule is Cc1cc2cc(C3(N=C=O)CC3)ccc2o1. The van der Waals surface area contributed by atoms with Gasteiger partial charge in [0.25, 0.3) is 0 Å². The van der Waals surface area contributed by atoms with E-state index in [0.717, 1.165) is 35.1 Å². The molecule has 0 unspecified atom stereocenters. The van der Waals surface area contributed by atoms with Crippen LogP contribution in [0.25, 0.3) is 11.0 Å². The van der Waals surface area contributed by atoms with Crippen LogP contribution in [-0.2, 0) is 10.3 Å². The number of isocyanates is 1. The molecule has 3 heteroatoms. The number of rotatable bonds is 2. The summed E-state index contributed by atoms with van der Waals surface area (Å²) in [5.41, 5.74) is 1.68. The van der Waals surface area contributed by atoms with E-state index in [2.05, 4.69) is 11.1 Å². The van der Waals surface area contributed by atoms with E-state index >= 15 is 0 Å². The molecule has 0 spiro atoms. The smallest absolute Gasteiger partial charge is 0.235 e. The van der Waals surface area contributed by atoms with Gasteiger partial charge >= 0.3 is 0 Å². The number of furan rings is 1. The highest BCUT2D eigenvalue weighted by Crippen LogP contribution is 2.49. The Kier molecular flexibility index (Phi) is 1.79. The minimum atomic E-state index is -0.291. The van der Waals surface area contributed by atoms with E-state index in [4.69, 9.17) is 4.42 Å². The van der Waals surface area contributed by atoms with Gasteiger partial charge in [0, 0.05) is 5.39 Å². The molecule has 0 radical (unpaired) electrons. The van der Waals surface area contributed by atoms with Gasteiger partial charge in [-0.2, -0.15) is 4.99 Å². The molecule has 1 saturated carbocycles. The fourth-order valence-corrected chi connectivity index (χ4v) is 2.14. The predicted octanol–water partition coefficient (Wildman–Crippen LogP) is 3.07. The van der Waals surface area contributed by atoms with Crippen LogP contribution in [0.15, 0.2) is 33.7 Å². The van der Waals surface area contributed by atoms with Gasteiger partial charge in [-0.1, -0.05) is 6.07 Å². The van der Waals surface area contributed by atoms with Crippen molar-refractivity contribution in [2.75, 3.05) is 0 Å². The van der Waals surface area contributed by atoms with Crippen LogP contribution in [0, 0.1) is 6.92 Å². The van der Waals surface area contributed by atoms with E-state index in [-0.39, 0.29) is 5.54 Å². The number of benzene rings is 1. The van der Waals surface area contributed by atoms with Gasteiger partial charge in [0.05, 0.1) is 5.54 Å². The Bertz CT molecular complexity index is 601. The quantitative estimate of drug-likeness (QED) is 0.568. The first-order valence-electron chi connectivity index (χ1n) is 5.33. The zero-order valence-electron chi connectivity index (χ0n) is 8.99. The molecule has 0 atom stereocenters. The minimum absolute atomic E-state index is 0.291. The van der Waals surface area contributed by atoms with Gasteiger partial charge in [-0.3, -0.25) is 0 Å². The molecule has 1 aliphatic rings. The lowest BCUT2D eigenvalue weighted by Gasteiger charge is -2.07. The highest BCUT2D eigenvalue weighted by atomic mass is 16.3. The Balaban J connectivity index is 2.15. The molecule has 16 heavy (non-hydrogen) atoms. The van der Waals surface area contributed by atoms with E-state index in [1.165, 1.54) is 0 Å². The van der Waals surface area contributed by atoms with E-state index < -0.39 is 0 Å². The fourth-order valence-electron chi connectivity index (χ4n) is 2.14. The van der Waals surface area contributed by atoms with Gasteiger partial charge in [-0.05, 0) is 43.5 Å². The maximum Gasteiger partial charge on any atom is 0.235 e.